The number of benzene rings is 1. The molecule has 4 rings (SSSR count). The third-order valence-corrected chi connectivity index (χ3v) is 7.56. The third-order valence-electron chi connectivity index (χ3n) is 6.16. The van der Waals surface area contributed by atoms with Crippen LogP contribution in [0.5, 0.6) is 5.75 Å². The Morgan fingerprint density at radius 1 is 1.26 bits per heavy atom. The quantitative estimate of drug-likeness (QED) is 0.474. The molecule has 8 heteroatoms. The number of aryl methyl sites for hydroxylation is 2. The molecule has 0 aliphatic heterocycles. The van der Waals surface area contributed by atoms with Crippen molar-refractivity contribution in [1.29, 1.82) is 0 Å². The van der Waals surface area contributed by atoms with Gasteiger partial charge in [0.05, 0.1) is 23.4 Å². The van der Waals surface area contributed by atoms with Gasteiger partial charge in [0, 0.05) is 17.3 Å². The molecule has 1 aliphatic carbocycles. The number of fused-ring (bicyclic) bond motifs is 1. The first-order valence-corrected chi connectivity index (χ1v) is 11.6. The van der Waals surface area contributed by atoms with Gasteiger partial charge in [-0.1, -0.05) is 17.7 Å². The zero-order valence-corrected chi connectivity index (χ0v) is 19.4. The first-order valence-electron chi connectivity index (χ1n) is 10.4. The molecule has 6 nitrogen and oxygen atoms in total. The van der Waals surface area contributed by atoms with E-state index in [-0.39, 0.29) is 11.8 Å². The summed E-state index contributed by atoms with van der Waals surface area (Å²) in [5.74, 6) is 1.54. The summed E-state index contributed by atoms with van der Waals surface area (Å²) in [4.78, 5) is 23.3. The molecule has 1 saturated carbocycles. The second-order valence-electron chi connectivity index (χ2n) is 8.10. The minimum atomic E-state index is -0.695. The van der Waals surface area contributed by atoms with E-state index in [1.807, 2.05) is 18.2 Å². The molecule has 31 heavy (non-hydrogen) atoms. The van der Waals surface area contributed by atoms with Crippen LogP contribution in [-0.4, -0.2) is 28.2 Å². The molecule has 2 N–H and O–H groups in total. The number of carboxylic acid groups (broad SMARTS) is 1. The highest BCUT2D eigenvalue weighted by molar-refractivity contribution is 7.18. The van der Waals surface area contributed by atoms with Crippen LogP contribution in [0, 0.1) is 19.8 Å². The number of hydrogen-bond donors (Lipinski definition) is 2. The largest absolute Gasteiger partial charge is 0.495 e. The van der Waals surface area contributed by atoms with Gasteiger partial charge in [-0.2, -0.15) is 0 Å². The van der Waals surface area contributed by atoms with E-state index < -0.39 is 5.97 Å². The molecule has 1 fully saturated rings. The van der Waals surface area contributed by atoms with Gasteiger partial charge in [-0.05, 0) is 62.8 Å². The van der Waals surface area contributed by atoms with Crippen molar-refractivity contribution >= 4 is 44.9 Å². The highest BCUT2D eigenvalue weighted by atomic mass is 35.5. The minimum absolute atomic E-state index is 0.193. The lowest BCUT2D eigenvalue weighted by Crippen LogP contribution is -2.21. The van der Waals surface area contributed by atoms with Crippen molar-refractivity contribution in [2.45, 2.75) is 52.0 Å². The fraction of sp³-hybridized carbons (Fsp3) is 0.435. The number of rotatable bonds is 6. The Morgan fingerprint density at radius 3 is 2.65 bits per heavy atom. The van der Waals surface area contributed by atoms with Crippen LogP contribution in [0.15, 0.2) is 18.2 Å². The molecule has 0 spiro atoms. The summed E-state index contributed by atoms with van der Waals surface area (Å²) < 4.78 is 5.24. The summed E-state index contributed by atoms with van der Waals surface area (Å²) in [6.07, 6.45) is 2.96. The van der Waals surface area contributed by atoms with Gasteiger partial charge in [0.15, 0.2) is 0 Å². The number of thiophene rings is 1. The lowest BCUT2D eigenvalue weighted by atomic mass is 9.81. The predicted molar refractivity (Wildman–Crippen MR) is 125 cm³/mol. The van der Waals surface area contributed by atoms with Crippen molar-refractivity contribution in [3.8, 4) is 5.75 Å². The van der Waals surface area contributed by atoms with E-state index in [1.165, 1.54) is 10.4 Å². The predicted octanol–water partition coefficient (Wildman–Crippen LogP) is 5.94. The maximum Gasteiger partial charge on any atom is 0.306 e. The van der Waals surface area contributed by atoms with Gasteiger partial charge in [0.1, 0.15) is 22.2 Å². The molecule has 2 heterocycles. The maximum atomic E-state index is 11.3. The number of aliphatic carboxylic acids is 1. The zero-order chi connectivity index (χ0) is 22.1. The van der Waals surface area contributed by atoms with Crippen LogP contribution >= 0.6 is 22.9 Å². The van der Waals surface area contributed by atoms with Crippen molar-refractivity contribution in [3.63, 3.8) is 0 Å². The normalized spacial score (nSPS) is 18.8. The summed E-state index contributed by atoms with van der Waals surface area (Å²) in [5.41, 5.74) is 2.22. The Morgan fingerprint density at radius 2 is 2.00 bits per heavy atom. The van der Waals surface area contributed by atoms with Gasteiger partial charge in [0.25, 0.3) is 0 Å². The van der Waals surface area contributed by atoms with Crippen molar-refractivity contribution in [3.05, 3.63) is 45.1 Å². The fourth-order valence-corrected chi connectivity index (χ4v) is 5.50. The van der Waals surface area contributed by atoms with E-state index >= 15 is 0 Å². The van der Waals surface area contributed by atoms with Crippen molar-refractivity contribution in [2.75, 3.05) is 12.4 Å². The van der Waals surface area contributed by atoms with Crippen LogP contribution in [0.3, 0.4) is 0 Å². The van der Waals surface area contributed by atoms with E-state index in [0.717, 1.165) is 40.3 Å². The molecule has 0 unspecified atom stereocenters. The molecule has 0 radical (unpaired) electrons. The molecule has 2 aromatic heterocycles. The molecule has 164 valence electrons. The molecule has 1 aliphatic rings. The van der Waals surface area contributed by atoms with Crippen LogP contribution in [0.2, 0.25) is 5.02 Å². The monoisotopic (exact) mass is 459 g/mol. The van der Waals surface area contributed by atoms with E-state index in [2.05, 4.69) is 19.2 Å². The number of anilines is 1. The standard InChI is InChI=1S/C23H26ClN3O3S/c1-12-13(2)31-22-19(12)21(25-11-14-4-9-18(30-3)17(24)10-14)26-20(27-22)15-5-7-16(8-6-15)23(28)29/h4,9-10,15-16H,5-8,11H2,1-3H3,(H,28,29)(H,25,26,27). The Labute approximate surface area is 190 Å². The van der Waals surface area contributed by atoms with Gasteiger partial charge >= 0.3 is 5.97 Å². The Kier molecular flexibility index (Phi) is 6.34. The molecule has 0 saturated heterocycles. The number of halogens is 1. The average molecular weight is 460 g/mol. The Bertz CT molecular complexity index is 1120. The first-order chi connectivity index (χ1) is 14.9. The first kappa shape index (κ1) is 21.8. The van der Waals surface area contributed by atoms with E-state index in [0.29, 0.717) is 30.2 Å². The minimum Gasteiger partial charge on any atom is -0.495 e. The number of aromatic nitrogens is 2. The smallest absolute Gasteiger partial charge is 0.306 e. The van der Waals surface area contributed by atoms with Crippen molar-refractivity contribution in [2.24, 2.45) is 5.92 Å². The van der Waals surface area contributed by atoms with Crippen LogP contribution in [0.4, 0.5) is 5.82 Å². The Hall–Kier alpha value is -2.38. The number of nitrogens with one attached hydrogen (secondary N) is 1. The van der Waals surface area contributed by atoms with Crippen LogP contribution in [-0.2, 0) is 11.3 Å². The number of ether oxygens (including phenoxy) is 1. The average Bonchev–Trinajstić information content (AvgIpc) is 3.05. The lowest BCUT2D eigenvalue weighted by molar-refractivity contribution is -0.142. The molecule has 3 aromatic rings. The van der Waals surface area contributed by atoms with Gasteiger partial charge in [-0.15, -0.1) is 11.3 Å². The molecule has 0 atom stereocenters. The molecule has 1 aromatic carbocycles. The van der Waals surface area contributed by atoms with Crippen LogP contribution in [0.25, 0.3) is 10.2 Å². The molecule has 0 bridgehead atoms. The molecular weight excluding hydrogens is 434 g/mol. The third kappa shape index (κ3) is 4.48. The number of hydrogen-bond acceptors (Lipinski definition) is 6. The maximum absolute atomic E-state index is 11.3. The summed E-state index contributed by atoms with van der Waals surface area (Å²) in [6.45, 7) is 4.78. The summed E-state index contributed by atoms with van der Waals surface area (Å²) >= 11 is 7.96. The van der Waals surface area contributed by atoms with Crippen molar-refractivity contribution in [1.82, 2.24) is 9.97 Å². The second-order valence-corrected chi connectivity index (χ2v) is 9.71. The summed E-state index contributed by atoms with van der Waals surface area (Å²) in [7, 11) is 1.60. The van der Waals surface area contributed by atoms with Gasteiger partial charge < -0.3 is 15.2 Å². The van der Waals surface area contributed by atoms with Gasteiger partial charge in [-0.3, -0.25) is 4.79 Å². The lowest BCUT2D eigenvalue weighted by Gasteiger charge is -2.25. The molecule has 0 amide bonds. The van der Waals surface area contributed by atoms with Gasteiger partial charge in [0.2, 0.25) is 0 Å². The summed E-state index contributed by atoms with van der Waals surface area (Å²) in [6, 6.07) is 5.74. The van der Waals surface area contributed by atoms with E-state index in [1.54, 1.807) is 18.4 Å². The highest BCUT2D eigenvalue weighted by Crippen LogP contribution is 2.39. The van der Waals surface area contributed by atoms with Crippen molar-refractivity contribution < 1.29 is 14.6 Å². The number of carboxylic acids is 1. The number of nitrogens with zero attached hydrogens (tertiary/aromatic N) is 2. The topological polar surface area (TPSA) is 84.3 Å². The van der Waals surface area contributed by atoms with Crippen LogP contribution < -0.4 is 10.1 Å². The van der Waals surface area contributed by atoms with E-state index in [4.69, 9.17) is 26.3 Å². The second kappa shape index (κ2) is 9.01. The zero-order valence-electron chi connectivity index (χ0n) is 17.9. The van der Waals surface area contributed by atoms with E-state index in [9.17, 15) is 9.90 Å². The van der Waals surface area contributed by atoms with Gasteiger partial charge in [-0.25, -0.2) is 9.97 Å². The number of carbonyl (C=O) groups is 1. The molecular formula is C23H26ClN3O3S. The van der Waals surface area contributed by atoms with Crippen LogP contribution in [0.1, 0.15) is 53.4 Å². The summed E-state index contributed by atoms with van der Waals surface area (Å²) in [5, 5.41) is 14.4. The SMILES string of the molecule is COc1ccc(CNc2nc(C3CCC(C(=O)O)CC3)nc3sc(C)c(C)c23)cc1Cl. The highest BCUT2D eigenvalue weighted by Gasteiger charge is 2.29. The fourth-order valence-electron chi connectivity index (χ4n) is 4.18. The Balaban J connectivity index is 1.62. The number of methoxy groups -OCH3 is 1.